The standard InChI is InChI=1S/C30H31O3P/c1-19(2)23-15-12-20(3)18-28(23)33-34-31-26-16-13-21-8-4-6-10-24(21)29(26)30-25-11-7-5-9-22(25)14-17-27(30)32-34/h4-11,13-14,16-17,19-20,23,28H,12,15,18H2,1-3H3/t20-,23-,28-/m1/s1. The fraction of sp³-hybridized carbons (Fsp3) is 0.333. The van der Waals surface area contributed by atoms with E-state index in [-0.39, 0.29) is 6.10 Å². The summed E-state index contributed by atoms with van der Waals surface area (Å²) < 4.78 is 19.9. The Morgan fingerprint density at radius 2 is 1.32 bits per heavy atom. The molecule has 0 N–H and O–H groups in total. The fourth-order valence-electron chi connectivity index (χ4n) is 5.74. The largest absolute Gasteiger partial charge is 0.399 e. The van der Waals surface area contributed by atoms with E-state index in [9.17, 15) is 0 Å². The molecule has 0 bridgehead atoms. The summed E-state index contributed by atoms with van der Waals surface area (Å²) in [7, 11) is -1.58. The summed E-state index contributed by atoms with van der Waals surface area (Å²) in [6.45, 7) is 6.95. The smallest absolute Gasteiger partial charge is 0.387 e. The number of hydrogen-bond donors (Lipinski definition) is 0. The van der Waals surface area contributed by atoms with E-state index in [1.165, 1.54) is 34.4 Å². The Morgan fingerprint density at radius 3 is 1.88 bits per heavy atom. The van der Waals surface area contributed by atoms with Gasteiger partial charge in [0.2, 0.25) is 0 Å². The van der Waals surface area contributed by atoms with E-state index in [2.05, 4.69) is 93.6 Å². The maximum atomic E-state index is 6.71. The molecule has 3 atom stereocenters. The first kappa shape index (κ1) is 21.8. The summed E-state index contributed by atoms with van der Waals surface area (Å²) >= 11 is 0. The highest BCUT2D eigenvalue weighted by atomic mass is 31.1. The van der Waals surface area contributed by atoms with Crippen molar-refractivity contribution in [1.29, 1.82) is 0 Å². The van der Waals surface area contributed by atoms with E-state index in [1.54, 1.807) is 0 Å². The minimum atomic E-state index is -1.58. The van der Waals surface area contributed by atoms with Crippen molar-refractivity contribution in [1.82, 2.24) is 0 Å². The van der Waals surface area contributed by atoms with Crippen molar-refractivity contribution < 1.29 is 12.9 Å². The van der Waals surface area contributed by atoms with Gasteiger partial charge in [0, 0.05) is 10.8 Å². The molecular weight excluding hydrogens is 439 g/mol. The Bertz CT molecular complexity index is 1440. The third-order valence-corrected chi connectivity index (χ3v) is 8.69. The van der Waals surface area contributed by atoms with Crippen LogP contribution >= 0.6 is 8.24 Å². The van der Waals surface area contributed by atoms with E-state index >= 15 is 0 Å². The Labute approximate surface area is 201 Å². The van der Waals surface area contributed by atoms with Crippen molar-refractivity contribution in [2.75, 3.05) is 0 Å². The van der Waals surface area contributed by atoms with Gasteiger partial charge in [0.25, 0.3) is 0 Å². The predicted octanol–water partition coefficient (Wildman–Crippen LogP) is 9.49. The molecule has 1 aliphatic rings. The van der Waals surface area contributed by atoms with Crippen LogP contribution in [0.1, 0.15) is 40.0 Å². The van der Waals surface area contributed by atoms with Crippen LogP contribution in [-0.4, -0.2) is 6.10 Å². The van der Waals surface area contributed by atoms with Crippen LogP contribution in [0.5, 0.6) is 0 Å². The molecule has 0 spiro atoms. The monoisotopic (exact) mass is 470 g/mol. The van der Waals surface area contributed by atoms with Crippen LogP contribution in [0.4, 0.5) is 0 Å². The van der Waals surface area contributed by atoms with E-state index in [1.807, 2.05) is 0 Å². The molecule has 1 heterocycles. The zero-order chi connectivity index (χ0) is 23.2. The molecule has 6 rings (SSSR count). The van der Waals surface area contributed by atoms with Crippen LogP contribution in [-0.2, 0) is 0 Å². The summed E-state index contributed by atoms with van der Waals surface area (Å²) in [5.41, 5.74) is 1.68. The molecule has 1 fully saturated rings. The van der Waals surface area contributed by atoms with Crippen molar-refractivity contribution in [3.8, 4) is 0 Å². The third-order valence-electron chi connectivity index (χ3n) is 7.56. The first-order valence-electron chi connectivity index (χ1n) is 12.4. The zero-order valence-electron chi connectivity index (χ0n) is 20.0. The maximum absolute atomic E-state index is 6.71. The first-order chi connectivity index (χ1) is 16.6. The summed E-state index contributed by atoms with van der Waals surface area (Å²) in [5, 5.41) is 6.91. The summed E-state index contributed by atoms with van der Waals surface area (Å²) in [5.74, 6) is 1.77. The van der Waals surface area contributed by atoms with Crippen LogP contribution in [0.25, 0.3) is 43.5 Å². The number of fused-ring (bicyclic) bond motifs is 7. The van der Waals surface area contributed by atoms with Crippen molar-refractivity contribution in [3.63, 3.8) is 0 Å². The molecule has 34 heavy (non-hydrogen) atoms. The van der Waals surface area contributed by atoms with Crippen LogP contribution in [0.15, 0.2) is 81.2 Å². The van der Waals surface area contributed by atoms with Gasteiger partial charge in [-0.3, -0.25) is 4.52 Å². The second-order valence-electron chi connectivity index (χ2n) is 10.2. The van der Waals surface area contributed by atoms with Crippen molar-refractivity contribution >= 4 is 51.7 Å². The van der Waals surface area contributed by atoms with Crippen LogP contribution in [0.3, 0.4) is 0 Å². The number of benzene rings is 4. The van der Waals surface area contributed by atoms with Gasteiger partial charge in [-0.2, -0.15) is 0 Å². The Morgan fingerprint density at radius 1 is 0.765 bits per heavy atom. The van der Waals surface area contributed by atoms with Gasteiger partial charge in [-0.15, -0.1) is 0 Å². The molecule has 1 saturated carbocycles. The number of hydrogen-bond acceptors (Lipinski definition) is 3. The molecule has 5 aromatic rings. The van der Waals surface area contributed by atoms with Gasteiger partial charge >= 0.3 is 8.24 Å². The van der Waals surface area contributed by atoms with Crippen molar-refractivity contribution in [3.05, 3.63) is 72.8 Å². The topological polar surface area (TPSA) is 35.5 Å². The van der Waals surface area contributed by atoms with Gasteiger partial charge in [-0.25, -0.2) is 0 Å². The first-order valence-corrected chi connectivity index (χ1v) is 13.5. The quantitative estimate of drug-likeness (QED) is 0.263. The van der Waals surface area contributed by atoms with E-state index < -0.39 is 8.24 Å². The van der Waals surface area contributed by atoms with Crippen molar-refractivity contribution in [2.24, 2.45) is 17.8 Å². The molecule has 4 heteroatoms. The molecule has 0 radical (unpaired) electrons. The normalized spacial score (nSPS) is 21.1. The minimum Gasteiger partial charge on any atom is -0.399 e. The lowest BCUT2D eigenvalue weighted by molar-refractivity contribution is 0.0746. The summed E-state index contributed by atoms with van der Waals surface area (Å²) in [6, 6.07) is 25.5. The SMILES string of the molecule is CC(C)[C@H]1CC[C@@H](C)C[C@H]1Op1oc2ccc3ccccc3c2c2c(ccc3ccccc32)o1. The molecule has 3 nitrogen and oxygen atoms in total. The second kappa shape index (κ2) is 8.80. The van der Waals surface area contributed by atoms with Crippen LogP contribution in [0, 0.1) is 17.8 Å². The second-order valence-corrected chi connectivity index (χ2v) is 11.2. The third kappa shape index (κ3) is 3.82. The predicted molar refractivity (Wildman–Crippen MR) is 143 cm³/mol. The molecule has 0 saturated heterocycles. The molecule has 0 amide bonds. The molecule has 0 aliphatic heterocycles. The molecule has 0 unspecified atom stereocenters. The van der Waals surface area contributed by atoms with Crippen LogP contribution < -0.4 is 4.52 Å². The van der Waals surface area contributed by atoms with E-state index in [0.29, 0.717) is 17.8 Å². The van der Waals surface area contributed by atoms with Gasteiger partial charge in [0.15, 0.2) is 0 Å². The average Bonchev–Trinajstić information content (AvgIpc) is 3.00. The Balaban J connectivity index is 1.65. The molecular formula is C30H31O3P. The summed E-state index contributed by atoms with van der Waals surface area (Å²) in [6.07, 6.45) is 3.69. The van der Waals surface area contributed by atoms with Crippen LogP contribution in [0.2, 0.25) is 0 Å². The zero-order valence-corrected chi connectivity index (χ0v) is 20.9. The van der Waals surface area contributed by atoms with Gasteiger partial charge in [-0.1, -0.05) is 87.9 Å². The van der Waals surface area contributed by atoms with E-state index in [4.69, 9.17) is 12.9 Å². The average molecular weight is 471 g/mol. The van der Waals surface area contributed by atoms with E-state index in [0.717, 1.165) is 28.4 Å². The molecule has 4 aromatic carbocycles. The van der Waals surface area contributed by atoms with Crippen molar-refractivity contribution in [2.45, 2.75) is 46.1 Å². The summed E-state index contributed by atoms with van der Waals surface area (Å²) in [4.78, 5) is 0. The maximum Gasteiger partial charge on any atom is 0.387 e. The van der Waals surface area contributed by atoms with Gasteiger partial charge in [0.1, 0.15) is 11.2 Å². The minimum absolute atomic E-state index is 0.153. The lowest BCUT2D eigenvalue weighted by atomic mass is 9.75. The Hall–Kier alpha value is -2.74. The lowest BCUT2D eigenvalue weighted by Crippen LogP contribution is -2.35. The highest BCUT2D eigenvalue weighted by Gasteiger charge is 2.33. The lowest BCUT2D eigenvalue weighted by Gasteiger charge is -2.35. The van der Waals surface area contributed by atoms with Gasteiger partial charge in [0.05, 0.1) is 6.10 Å². The van der Waals surface area contributed by atoms with Gasteiger partial charge in [-0.05, 0) is 64.3 Å². The highest BCUT2D eigenvalue weighted by molar-refractivity contribution is 7.31. The van der Waals surface area contributed by atoms with Gasteiger partial charge < -0.3 is 8.39 Å². The Kier molecular flexibility index (Phi) is 5.63. The molecule has 174 valence electrons. The molecule has 1 aromatic heterocycles. The fourth-order valence-corrected chi connectivity index (χ4v) is 6.95. The molecule has 1 aliphatic carbocycles. The number of rotatable bonds is 3. The highest BCUT2D eigenvalue weighted by Crippen LogP contribution is 2.43.